The Balaban J connectivity index is 1.62. The van der Waals surface area contributed by atoms with Gasteiger partial charge in [0.2, 0.25) is 5.95 Å². The number of amides is 1. The van der Waals surface area contributed by atoms with E-state index in [0.717, 1.165) is 12.1 Å². The van der Waals surface area contributed by atoms with Crippen molar-refractivity contribution in [3.05, 3.63) is 23.0 Å². The molecule has 2 aromatic rings. The maximum Gasteiger partial charge on any atom is 0.410 e. The lowest BCUT2D eigenvalue weighted by Crippen LogP contribution is -2.36. The molecule has 146 valence electrons. The molecule has 0 bridgehead atoms. The van der Waals surface area contributed by atoms with E-state index in [1.165, 1.54) is 0 Å². The highest BCUT2D eigenvalue weighted by Gasteiger charge is 2.30. The molecule has 2 aromatic heterocycles. The van der Waals surface area contributed by atoms with E-state index in [4.69, 9.17) is 16.3 Å². The molecule has 1 fully saturated rings. The molecule has 3 N–H and O–H groups in total. The molecule has 9 nitrogen and oxygen atoms in total. The smallest absolute Gasteiger partial charge is 0.410 e. The van der Waals surface area contributed by atoms with Crippen LogP contribution in [0.15, 0.2) is 12.1 Å². The van der Waals surface area contributed by atoms with E-state index >= 15 is 0 Å². The number of aromatic amines is 1. The highest BCUT2D eigenvalue weighted by atomic mass is 35.5. The zero-order valence-electron chi connectivity index (χ0n) is 15.8. The second kappa shape index (κ2) is 7.59. The predicted octanol–water partition coefficient (Wildman–Crippen LogP) is 3.33. The molecular formula is C17H24ClN7O2. The molecule has 1 atom stereocenters. The van der Waals surface area contributed by atoms with Crippen molar-refractivity contribution in [2.75, 3.05) is 23.7 Å². The van der Waals surface area contributed by atoms with Gasteiger partial charge in [0.15, 0.2) is 5.82 Å². The van der Waals surface area contributed by atoms with Gasteiger partial charge in [0, 0.05) is 37.0 Å². The number of nitrogens with zero attached hydrogens (tertiary/aromatic N) is 4. The van der Waals surface area contributed by atoms with Crippen LogP contribution in [0.3, 0.4) is 0 Å². The van der Waals surface area contributed by atoms with Crippen LogP contribution in [0.5, 0.6) is 0 Å². The molecule has 3 rings (SSSR count). The van der Waals surface area contributed by atoms with Crippen LogP contribution in [0.1, 0.15) is 32.9 Å². The Hall–Kier alpha value is -2.55. The first kappa shape index (κ1) is 19.2. The Kier molecular flexibility index (Phi) is 5.41. The topological polar surface area (TPSA) is 108 Å². The van der Waals surface area contributed by atoms with Crippen molar-refractivity contribution in [1.29, 1.82) is 0 Å². The van der Waals surface area contributed by atoms with Crippen molar-refractivity contribution in [2.45, 2.75) is 45.8 Å². The lowest BCUT2D eigenvalue weighted by molar-refractivity contribution is 0.0293. The van der Waals surface area contributed by atoms with Gasteiger partial charge in [-0.1, -0.05) is 11.6 Å². The van der Waals surface area contributed by atoms with Gasteiger partial charge in [-0.3, -0.25) is 5.10 Å². The van der Waals surface area contributed by atoms with Gasteiger partial charge in [-0.2, -0.15) is 10.1 Å². The van der Waals surface area contributed by atoms with Crippen LogP contribution in [0.25, 0.3) is 0 Å². The van der Waals surface area contributed by atoms with Crippen molar-refractivity contribution < 1.29 is 9.53 Å². The zero-order valence-corrected chi connectivity index (χ0v) is 16.6. The second-order valence-corrected chi connectivity index (χ2v) is 7.90. The summed E-state index contributed by atoms with van der Waals surface area (Å²) in [6, 6.07) is 3.51. The Morgan fingerprint density at radius 2 is 2.11 bits per heavy atom. The number of anilines is 3. The average molecular weight is 394 g/mol. The monoisotopic (exact) mass is 393 g/mol. The molecule has 0 aliphatic carbocycles. The number of carbonyl (C=O) groups excluding carboxylic acids is 1. The summed E-state index contributed by atoms with van der Waals surface area (Å²) in [6.45, 7) is 8.61. The summed E-state index contributed by atoms with van der Waals surface area (Å²) in [5.74, 6) is 1.57. The summed E-state index contributed by atoms with van der Waals surface area (Å²) < 4.78 is 5.41. The SMILES string of the molecule is Cc1cc(Nc2cc(Cl)nc(N[C@H]3CCN(C(=O)OC(C)(C)C)C3)n2)n[nH]1. The van der Waals surface area contributed by atoms with E-state index in [0.29, 0.717) is 35.8 Å². The molecule has 3 heterocycles. The first-order valence-corrected chi connectivity index (χ1v) is 9.14. The zero-order chi connectivity index (χ0) is 19.6. The second-order valence-electron chi connectivity index (χ2n) is 7.52. The number of aromatic nitrogens is 4. The first-order chi connectivity index (χ1) is 12.7. The Labute approximate surface area is 162 Å². The number of hydrogen-bond donors (Lipinski definition) is 3. The lowest BCUT2D eigenvalue weighted by atomic mass is 10.2. The van der Waals surface area contributed by atoms with Gasteiger partial charge in [0.25, 0.3) is 0 Å². The number of likely N-dealkylation sites (tertiary alicyclic amines) is 1. The molecular weight excluding hydrogens is 370 g/mol. The lowest BCUT2D eigenvalue weighted by Gasteiger charge is -2.24. The van der Waals surface area contributed by atoms with E-state index in [1.54, 1.807) is 11.0 Å². The van der Waals surface area contributed by atoms with Crippen LogP contribution in [-0.2, 0) is 4.74 Å². The van der Waals surface area contributed by atoms with Crippen molar-refractivity contribution in [3.8, 4) is 0 Å². The van der Waals surface area contributed by atoms with Crippen molar-refractivity contribution in [3.63, 3.8) is 0 Å². The minimum absolute atomic E-state index is 0.0245. The van der Waals surface area contributed by atoms with Crippen LogP contribution in [0.2, 0.25) is 5.15 Å². The van der Waals surface area contributed by atoms with Gasteiger partial charge < -0.3 is 20.3 Å². The van der Waals surface area contributed by atoms with Crippen LogP contribution in [0, 0.1) is 6.92 Å². The Morgan fingerprint density at radius 3 is 2.78 bits per heavy atom. The maximum atomic E-state index is 12.2. The number of H-pyrrole nitrogens is 1. The minimum atomic E-state index is -0.510. The summed E-state index contributed by atoms with van der Waals surface area (Å²) in [5, 5.41) is 13.6. The molecule has 10 heteroatoms. The first-order valence-electron chi connectivity index (χ1n) is 8.76. The number of ether oxygens (including phenoxy) is 1. The third-order valence-electron chi connectivity index (χ3n) is 3.83. The highest BCUT2D eigenvalue weighted by molar-refractivity contribution is 6.29. The molecule has 27 heavy (non-hydrogen) atoms. The van der Waals surface area contributed by atoms with Gasteiger partial charge >= 0.3 is 6.09 Å². The van der Waals surface area contributed by atoms with Crippen LogP contribution in [0.4, 0.5) is 22.4 Å². The van der Waals surface area contributed by atoms with E-state index in [1.807, 2.05) is 33.8 Å². The van der Waals surface area contributed by atoms with E-state index in [2.05, 4.69) is 30.8 Å². The summed E-state index contributed by atoms with van der Waals surface area (Å²) in [7, 11) is 0. The number of rotatable bonds is 4. The molecule has 0 saturated carbocycles. The van der Waals surface area contributed by atoms with Gasteiger partial charge in [-0.25, -0.2) is 9.78 Å². The van der Waals surface area contributed by atoms with Crippen molar-refractivity contribution in [2.24, 2.45) is 0 Å². The molecule has 1 amide bonds. The van der Waals surface area contributed by atoms with Crippen LogP contribution >= 0.6 is 11.6 Å². The van der Waals surface area contributed by atoms with Crippen molar-refractivity contribution in [1.82, 2.24) is 25.1 Å². The summed E-state index contributed by atoms with van der Waals surface area (Å²) in [5.41, 5.74) is 0.424. The standard InChI is InChI=1S/C17H24ClN7O2/c1-10-7-14(24-23-10)21-13-8-12(18)20-15(22-13)19-11-5-6-25(9-11)16(26)27-17(2,3)4/h7-8,11H,5-6,9H2,1-4H3,(H3,19,20,21,22,23,24)/t11-/m0/s1. The molecule has 1 aliphatic heterocycles. The molecule has 0 spiro atoms. The third kappa shape index (κ3) is 5.46. The van der Waals surface area contributed by atoms with Gasteiger partial charge in [0.05, 0.1) is 0 Å². The van der Waals surface area contributed by atoms with E-state index in [-0.39, 0.29) is 12.1 Å². The molecule has 0 radical (unpaired) electrons. The quantitative estimate of drug-likeness (QED) is 0.683. The van der Waals surface area contributed by atoms with E-state index < -0.39 is 5.60 Å². The number of aryl methyl sites for hydroxylation is 1. The predicted molar refractivity (Wildman–Crippen MR) is 103 cm³/mol. The van der Waals surface area contributed by atoms with Crippen molar-refractivity contribution >= 4 is 35.3 Å². The number of hydrogen-bond acceptors (Lipinski definition) is 7. The molecule has 1 aliphatic rings. The van der Waals surface area contributed by atoms with Crippen LogP contribution < -0.4 is 10.6 Å². The molecule has 0 aromatic carbocycles. The number of nitrogens with one attached hydrogen (secondary N) is 3. The third-order valence-corrected chi connectivity index (χ3v) is 4.02. The fourth-order valence-electron chi connectivity index (χ4n) is 2.71. The number of halogens is 1. The largest absolute Gasteiger partial charge is 0.444 e. The fourth-order valence-corrected chi connectivity index (χ4v) is 2.90. The minimum Gasteiger partial charge on any atom is -0.444 e. The molecule has 0 unspecified atom stereocenters. The van der Waals surface area contributed by atoms with E-state index in [9.17, 15) is 4.79 Å². The summed E-state index contributed by atoms with van der Waals surface area (Å²) in [6.07, 6.45) is 0.464. The molecule has 1 saturated heterocycles. The highest BCUT2D eigenvalue weighted by Crippen LogP contribution is 2.21. The number of carbonyl (C=O) groups is 1. The van der Waals surface area contributed by atoms with Gasteiger partial charge in [0.1, 0.15) is 16.6 Å². The van der Waals surface area contributed by atoms with Gasteiger partial charge in [-0.15, -0.1) is 0 Å². The summed E-state index contributed by atoms with van der Waals surface area (Å²) in [4.78, 5) is 22.5. The average Bonchev–Trinajstić information content (AvgIpc) is 3.14. The van der Waals surface area contributed by atoms with Gasteiger partial charge in [-0.05, 0) is 34.1 Å². The Morgan fingerprint density at radius 1 is 1.33 bits per heavy atom. The Bertz CT molecular complexity index is 818. The fraction of sp³-hybridized carbons (Fsp3) is 0.529. The van der Waals surface area contributed by atoms with Crippen LogP contribution in [-0.4, -0.2) is 55.9 Å². The summed E-state index contributed by atoms with van der Waals surface area (Å²) >= 11 is 6.11. The maximum absolute atomic E-state index is 12.2. The normalized spacial score (nSPS) is 17.1.